The van der Waals surface area contributed by atoms with Crippen molar-refractivity contribution in [3.8, 4) is 0 Å². The van der Waals surface area contributed by atoms with Gasteiger partial charge in [-0.15, -0.1) is 13.2 Å². The first-order valence-electron chi connectivity index (χ1n) is 9.88. The fraction of sp³-hybridized carbons (Fsp3) is 0.308. The molecule has 0 nitrogen and oxygen atoms in total. The number of allylic oxidation sites excluding steroid dienone is 4. The van der Waals surface area contributed by atoms with Crippen molar-refractivity contribution in [1.29, 1.82) is 0 Å². The molecule has 0 aliphatic heterocycles. The predicted octanol–water partition coefficient (Wildman–Crippen LogP) is 7.14. The minimum atomic E-state index is 0.562. The first kappa shape index (κ1) is 18.5. The molecule has 134 valence electrons. The highest BCUT2D eigenvalue weighted by Gasteiger charge is 2.18. The van der Waals surface area contributed by atoms with Gasteiger partial charge < -0.3 is 0 Å². The third kappa shape index (κ3) is 4.85. The topological polar surface area (TPSA) is 0 Å². The lowest BCUT2D eigenvalue weighted by atomic mass is 9.81. The highest BCUT2D eigenvalue weighted by atomic mass is 14.2. The van der Waals surface area contributed by atoms with E-state index in [9.17, 15) is 0 Å². The molecule has 1 aliphatic carbocycles. The van der Waals surface area contributed by atoms with Crippen molar-refractivity contribution >= 4 is 0 Å². The summed E-state index contributed by atoms with van der Waals surface area (Å²) in [6, 6.07) is 18.3. The molecule has 0 saturated carbocycles. The third-order valence-electron chi connectivity index (χ3n) is 5.45. The monoisotopic (exact) mass is 342 g/mol. The maximum absolute atomic E-state index is 3.80. The normalized spacial score (nSPS) is 19.2. The number of hydrogen-bond acceptors (Lipinski definition) is 0. The highest BCUT2D eigenvalue weighted by molar-refractivity contribution is 5.33. The Morgan fingerprint density at radius 1 is 0.654 bits per heavy atom. The van der Waals surface area contributed by atoms with Crippen molar-refractivity contribution in [1.82, 2.24) is 0 Å². The Hall–Kier alpha value is -2.34. The average molecular weight is 343 g/mol. The fourth-order valence-corrected chi connectivity index (χ4v) is 3.78. The van der Waals surface area contributed by atoms with Gasteiger partial charge in [-0.1, -0.05) is 72.8 Å². The number of rotatable bonds is 8. The van der Waals surface area contributed by atoms with Crippen LogP contribution in [0.15, 0.2) is 86.0 Å². The molecule has 0 spiro atoms. The molecule has 26 heavy (non-hydrogen) atoms. The van der Waals surface area contributed by atoms with E-state index in [4.69, 9.17) is 0 Å². The van der Waals surface area contributed by atoms with Gasteiger partial charge in [-0.3, -0.25) is 0 Å². The second kappa shape index (κ2) is 9.38. The third-order valence-corrected chi connectivity index (χ3v) is 5.45. The van der Waals surface area contributed by atoms with Gasteiger partial charge in [0.05, 0.1) is 0 Å². The van der Waals surface area contributed by atoms with E-state index in [1.807, 2.05) is 12.2 Å². The van der Waals surface area contributed by atoms with E-state index in [1.54, 1.807) is 0 Å². The van der Waals surface area contributed by atoms with Gasteiger partial charge in [0.25, 0.3) is 0 Å². The van der Waals surface area contributed by atoms with Gasteiger partial charge in [0, 0.05) is 11.8 Å². The molecule has 0 heterocycles. The first-order valence-corrected chi connectivity index (χ1v) is 9.88. The van der Waals surface area contributed by atoms with E-state index >= 15 is 0 Å². The molecule has 1 aliphatic rings. The summed E-state index contributed by atoms with van der Waals surface area (Å²) in [6.45, 7) is 7.61. The summed E-state index contributed by atoms with van der Waals surface area (Å²) in [5, 5.41) is 0. The molecule has 0 heteroatoms. The summed E-state index contributed by atoms with van der Waals surface area (Å²) in [5.41, 5.74) is 5.70. The van der Waals surface area contributed by atoms with Crippen molar-refractivity contribution < 1.29 is 0 Å². The van der Waals surface area contributed by atoms with Crippen molar-refractivity contribution in [2.75, 3.05) is 0 Å². The quantitative estimate of drug-likeness (QED) is 0.447. The predicted molar refractivity (Wildman–Crippen MR) is 114 cm³/mol. The van der Waals surface area contributed by atoms with Crippen LogP contribution in [-0.4, -0.2) is 0 Å². The second-order valence-corrected chi connectivity index (χ2v) is 7.31. The lowest BCUT2D eigenvalue weighted by molar-refractivity contribution is 0.600. The van der Waals surface area contributed by atoms with Crippen LogP contribution in [0.25, 0.3) is 0 Å². The van der Waals surface area contributed by atoms with Crippen LogP contribution in [0.5, 0.6) is 0 Å². The van der Waals surface area contributed by atoms with Gasteiger partial charge in [-0.2, -0.15) is 0 Å². The molecule has 0 saturated heterocycles. The fourth-order valence-electron chi connectivity index (χ4n) is 3.78. The highest BCUT2D eigenvalue weighted by Crippen LogP contribution is 2.35. The molecule has 0 bridgehead atoms. The Balaban J connectivity index is 1.60. The van der Waals surface area contributed by atoms with E-state index in [0.717, 1.165) is 25.7 Å². The largest absolute Gasteiger partial charge is 0.103 e. The zero-order valence-corrected chi connectivity index (χ0v) is 15.7. The molecule has 0 amide bonds. The van der Waals surface area contributed by atoms with Crippen LogP contribution in [-0.2, 0) is 12.8 Å². The summed E-state index contributed by atoms with van der Waals surface area (Å²) in [6.07, 6.45) is 15.6. The van der Waals surface area contributed by atoms with E-state index in [1.165, 1.54) is 35.1 Å². The van der Waals surface area contributed by atoms with Gasteiger partial charge in [0.1, 0.15) is 0 Å². The number of benzene rings is 2. The van der Waals surface area contributed by atoms with Crippen molar-refractivity contribution in [3.05, 3.63) is 108 Å². The zero-order valence-electron chi connectivity index (χ0n) is 15.7. The van der Waals surface area contributed by atoms with E-state index in [-0.39, 0.29) is 0 Å². The van der Waals surface area contributed by atoms with Crippen LogP contribution in [0, 0.1) is 0 Å². The molecular formula is C26H30. The van der Waals surface area contributed by atoms with E-state index < -0.39 is 0 Å². The summed E-state index contributed by atoms with van der Waals surface area (Å²) in [4.78, 5) is 0. The maximum atomic E-state index is 3.80. The molecule has 0 N–H and O–H groups in total. The minimum absolute atomic E-state index is 0.562. The standard InChI is InChI=1S/C26H30/c1-3-5-7-21-9-13-23(14-10-21)25-17-19-26(20-18-25)24-15-11-22(12-16-24)8-6-4-2/h3-4,9-17,19,25-26H,1-2,5-8,18,20H2. The molecule has 2 unspecified atom stereocenters. The summed E-state index contributed by atoms with van der Waals surface area (Å²) in [5.74, 6) is 1.12. The van der Waals surface area contributed by atoms with Crippen molar-refractivity contribution in [3.63, 3.8) is 0 Å². The molecule has 2 aromatic rings. The number of aryl methyl sites for hydroxylation is 2. The van der Waals surface area contributed by atoms with E-state index in [2.05, 4.69) is 73.8 Å². The van der Waals surface area contributed by atoms with E-state index in [0.29, 0.717) is 11.8 Å². The Kier molecular flexibility index (Phi) is 6.66. The average Bonchev–Trinajstić information content (AvgIpc) is 2.72. The Morgan fingerprint density at radius 2 is 1.04 bits per heavy atom. The first-order chi connectivity index (χ1) is 12.8. The van der Waals surface area contributed by atoms with Gasteiger partial charge in [-0.25, -0.2) is 0 Å². The molecule has 0 radical (unpaired) electrons. The van der Waals surface area contributed by atoms with Crippen LogP contribution >= 0.6 is 0 Å². The lowest BCUT2D eigenvalue weighted by Crippen LogP contribution is -2.07. The SMILES string of the molecule is C=CCCc1ccc(C2C=CC(c3ccc(CCC=C)cc3)CC2)cc1. The number of hydrogen-bond donors (Lipinski definition) is 0. The van der Waals surface area contributed by atoms with Crippen LogP contribution in [0.3, 0.4) is 0 Å². The molecule has 3 rings (SSSR count). The Bertz CT molecular complexity index is 665. The van der Waals surface area contributed by atoms with Crippen molar-refractivity contribution in [2.45, 2.75) is 50.4 Å². The molecule has 0 fully saturated rings. The van der Waals surface area contributed by atoms with Gasteiger partial charge >= 0.3 is 0 Å². The second-order valence-electron chi connectivity index (χ2n) is 7.31. The van der Waals surface area contributed by atoms with Crippen LogP contribution in [0.1, 0.15) is 59.8 Å². The van der Waals surface area contributed by atoms with Gasteiger partial charge in [0.15, 0.2) is 0 Å². The molecule has 2 aromatic carbocycles. The summed E-state index contributed by atoms with van der Waals surface area (Å²) in [7, 11) is 0. The Morgan fingerprint density at radius 3 is 1.35 bits per heavy atom. The van der Waals surface area contributed by atoms with Crippen LogP contribution in [0.4, 0.5) is 0 Å². The smallest absolute Gasteiger partial charge is 0.00185 e. The molecular weight excluding hydrogens is 312 g/mol. The molecule has 0 aromatic heterocycles. The minimum Gasteiger partial charge on any atom is -0.103 e. The maximum Gasteiger partial charge on any atom is 0.00185 e. The summed E-state index contributed by atoms with van der Waals surface area (Å²) >= 11 is 0. The van der Waals surface area contributed by atoms with Crippen molar-refractivity contribution in [2.24, 2.45) is 0 Å². The Labute approximate surface area is 159 Å². The van der Waals surface area contributed by atoms with Gasteiger partial charge in [0.2, 0.25) is 0 Å². The van der Waals surface area contributed by atoms with Gasteiger partial charge in [-0.05, 0) is 60.8 Å². The van der Waals surface area contributed by atoms with Crippen LogP contribution in [0.2, 0.25) is 0 Å². The van der Waals surface area contributed by atoms with Crippen LogP contribution < -0.4 is 0 Å². The summed E-state index contributed by atoms with van der Waals surface area (Å²) < 4.78 is 0. The molecule has 2 atom stereocenters. The zero-order chi connectivity index (χ0) is 18.2. The lowest BCUT2D eigenvalue weighted by Gasteiger charge is -2.24.